The second-order valence-electron chi connectivity index (χ2n) is 7.15. The predicted molar refractivity (Wildman–Crippen MR) is 114 cm³/mol. The summed E-state index contributed by atoms with van der Waals surface area (Å²) in [4.78, 5) is 28.2. The fourth-order valence-electron chi connectivity index (χ4n) is 3.08. The summed E-state index contributed by atoms with van der Waals surface area (Å²) in [7, 11) is -3.75. The van der Waals surface area contributed by atoms with Crippen LogP contribution in [0.5, 0.6) is 0 Å². The molecule has 0 saturated carbocycles. The van der Waals surface area contributed by atoms with Crippen molar-refractivity contribution in [2.24, 2.45) is 0 Å². The van der Waals surface area contributed by atoms with Gasteiger partial charge in [0.1, 0.15) is 0 Å². The number of carbonyl (C=O) groups excluding carboxylic acids is 2. The molecule has 1 atom stereocenters. The highest BCUT2D eigenvalue weighted by Crippen LogP contribution is 2.14. The minimum Gasteiger partial charge on any atom is -0.377 e. The lowest BCUT2D eigenvalue weighted by atomic mass is 10.2. The largest absolute Gasteiger partial charge is 0.377 e. The van der Waals surface area contributed by atoms with Crippen molar-refractivity contribution >= 4 is 21.8 Å². The molecule has 0 radical (unpaired) electrons. The molecule has 0 spiro atoms. The number of amides is 2. The van der Waals surface area contributed by atoms with Crippen molar-refractivity contribution in [1.82, 2.24) is 20.3 Å². The molecule has 1 unspecified atom stereocenters. The average molecular weight is 447 g/mol. The third kappa shape index (κ3) is 7.12. The quantitative estimate of drug-likeness (QED) is 0.499. The van der Waals surface area contributed by atoms with Gasteiger partial charge in [0.15, 0.2) is 0 Å². The van der Waals surface area contributed by atoms with Gasteiger partial charge < -0.3 is 15.4 Å². The maximum absolute atomic E-state index is 12.5. The molecular weight excluding hydrogens is 420 g/mol. The summed E-state index contributed by atoms with van der Waals surface area (Å²) in [6.45, 7) is 1.36. The van der Waals surface area contributed by atoms with E-state index in [1.54, 1.807) is 24.5 Å². The summed E-state index contributed by atoms with van der Waals surface area (Å²) >= 11 is 0. The molecule has 3 N–H and O–H groups in total. The Hall–Kier alpha value is -2.82. The van der Waals surface area contributed by atoms with Crippen LogP contribution < -0.4 is 15.4 Å². The molecule has 2 aromatic rings. The van der Waals surface area contributed by atoms with Crippen molar-refractivity contribution < 1.29 is 22.7 Å². The van der Waals surface area contributed by atoms with E-state index in [-0.39, 0.29) is 42.0 Å². The molecule has 1 aliphatic heterocycles. The lowest BCUT2D eigenvalue weighted by Gasteiger charge is -2.12. The molecule has 0 aliphatic carbocycles. The highest BCUT2D eigenvalue weighted by Gasteiger charge is 2.21. The molecule has 166 valence electrons. The molecule has 9 nitrogen and oxygen atoms in total. The highest BCUT2D eigenvalue weighted by molar-refractivity contribution is 7.89. The van der Waals surface area contributed by atoms with Crippen LogP contribution >= 0.6 is 0 Å². The first-order chi connectivity index (χ1) is 14.9. The number of rotatable bonds is 10. The van der Waals surface area contributed by atoms with Crippen LogP contribution in [-0.4, -0.2) is 51.0 Å². The first-order valence-corrected chi connectivity index (χ1v) is 11.6. The average Bonchev–Trinajstić information content (AvgIpc) is 3.31. The van der Waals surface area contributed by atoms with E-state index in [0.717, 1.165) is 18.4 Å². The van der Waals surface area contributed by atoms with E-state index in [2.05, 4.69) is 20.3 Å². The second kappa shape index (κ2) is 11.0. The van der Waals surface area contributed by atoms with Crippen molar-refractivity contribution in [3.63, 3.8) is 0 Å². The van der Waals surface area contributed by atoms with Crippen LogP contribution in [-0.2, 0) is 26.1 Å². The van der Waals surface area contributed by atoms with E-state index in [1.807, 2.05) is 0 Å². The molecule has 1 aromatic carbocycles. The first-order valence-electron chi connectivity index (χ1n) is 10.1. The molecule has 2 amide bonds. The SMILES string of the molecule is O=C(CCNC(=O)c1cccc(S(=O)(=O)NCC2CCCO2)c1)NCc1ccncc1. The van der Waals surface area contributed by atoms with Crippen LogP contribution in [0, 0.1) is 0 Å². The summed E-state index contributed by atoms with van der Waals surface area (Å²) in [6.07, 6.45) is 5.02. The maximum atomic E-state index is 12.5. The Bertz CT molecular complexity index is 992. The number of nitrogens with zero attached hydrogens (tertiary/aromatic N) is 1. The van der Waals surface area contributed by atoms with Gasteiger partial charge in [-0.05, 0) is 48.7 Å². The number of aromatic nitrogens is 1. The fourth-order valence-corrected chi connectivity index (χ4v) is 4.19. The van der Waals surface area contributed by atoms with E-state index in [1.165, 1.54) is 24.3 Å². The smallest absolute Gasteiger partial charge is 0.251 e. The monoisotopic (exact) mass is 446 g/mol. The Morgan fingerprint density at radius 3 is 2.68 bits per heavy atom. The minimum absolute atomic E-state index is 0.00763. The van der Waals surface area contributed by atoms with Crippen LogP contribution in [0.3, 0.4) is 0 Å². The van der Waals surface area contributed by atoms with Gasteiger partial charge in [-0.25, -0.2) is 13.1 Å². The molecule has 3 rings (SSSR count). The van der Waals surface area contributed by atoms with Crippen molar-refractivity contribution in [3.05, 3.63) is 59.9 Å². The number of ether oxygens (including phenoxy) is 1. The van der Waals surface area contributed by atoms with Crippen molar-refractivity contribution in [3.8, 4) is 0 Å². The summed E-state index contributed by atoms with van der Waals surface area (Å²) in [5.41, 5.74) is 1.13. The molecule has 1 aliphatic rings. The number of hydrogen-bond acceptors (Lipinski definition) is 6. The van der Waals surface area contributed by atoms with Gasteiger partial charge >= 0.3 is 0 Å². The zero-order valence-electron chi connectivity index (χ0n) is 17.0. The second-order valence-corrected chi connectivity index (χ2v) is 8.92. The first kappa shape index (κ1) is 22.9. The maximum Gasteiger partial charge on any atom is 0.251 e. The third-order valence-corrected chi connectivity index (χ3v) is 6.23. The van der Waals surface area contributed by atoms with E-state index < -0.39 is 15.9 Å². The zero-order valence-corrected chi connectivity index (χ0v) is 17.9. The van der Waals surface area contributed by atoms with Gasteiger partial charge in [0.2, 0.25) is 15.9 Å². The molecule has 1 aromatic heterocycles. The Labute approximate surface area is 181 Å². The lowest BCUT2D eigenvalue weighted by molar-refractivity contribution is -0.121. The molecule has 1 saturated heterocycles. The van der Waals surface area contributed by atoms with Crippen LogP contribution in [0.2, 0.25) is 0 Å². The number of benzene rings is 1. The number of nitrogens with one attached hydrogen (secondary N) is 3. The van der Waals surface area contributed by atoms with Gasteiger partial charge in [0, 0.05) is 50.6 Å². The predicted octanol–water partition coefficient (Wildman–Crippen LogP) is 0.975. The van der Waals surface area contributed by atoms with Crippen molar-refractivity contribution in [1.29, 1.82) is 0 Å². The molecule has 31 heavy (non-hydrogen) atoms. The highest BCUT2D eigenvalue weighted by atomic mass is 32.2. The normalized spacial score (nSPS) is 16.1. The molecule has 2 heterocycles. The van der Waals surface area contributed by atoms with Gasteiger partial charge in [-0.3, -0.25) is 14.6 Å². The van der Waals surface area contributed by atoms with Crippen LogP contribution in [0.25, 0.3) is 0 Å². The summed E-state index contributed by atoms with van der Waals surface area (Å²) in [5.74, 6) is -0.648. The third-order valence-electron chi connectivity index (χ3n) is 4.81. The van der Waals surface area contributed by atoms with Crippen molar-refractivity contribution in [2.45, 2.75) is 36.8 Å². The van der Waals surface area contributed by atoms with E-state index in [4.69, 9.17) is 4.74 Å². The van der Waals surface area contributed by atoms with Gasteiger partial charge in [-0.15, -0.1) is 0 Å². The number of carbonyl (C=O) groups is 2. The van der Waals surface area contributed by atoms with E-state index >= 15 is 0 Å². The summed E-state index contributed by atoms with van der Waals surface area (Å²) in [5, 5.41) is 5.40. The Morgan fingerprint density at radius 2 is 1.94 bits per heavy atom. The number of sulfonamides is 1. The van der Waals surface area contributed by atoms with Crippen LogP contribution in [0.4, 0.5) is 0 Å². The Kier molecular flexibility index (Phi) is 8.10. The van der Waals surface area contributed by atoms with Crippen molar-refractivity contribution in [2.75, 3.05) is 19.7 Å². The van der Waals surface area contributed by atoms with Gasteiger partial charge in [-0.1, -0.05) is 6.07 Å². The van der Waals surface area contributed by atoms with E-state index in [9.17, 15) is 18.0 Å². The van der Waals surface area contributed by atoms with Gasteiger partial charge in [-0.2, -0.15) is 0 Å². The van der Waals surface area contributed by atoms with Crippen LogP contribution in [0.1, 0.15) is 35.2 Å². The summed E-state index contributed by atoms with van der Waals surface area (Å²) < 4.78 is 33.0. The Balaban J connectivity index is 1.46. The zero-order chi connectivity index (χ0) is 22.1. The van der Waals surface area contributed by atoms with Crippen LogP contribution in [0.15, 0.2) is 53.7 Å². The molecule has 0 bridgehead atoms. The molecule has 10 heteroatoms. The fraction of sp³-hybridized carbons (Fsp3) is 0.381. The van der Waals surface area contributed by atoms with Gasteiger partial charge in [0.05, 0.1) is 11.0 Å². The number of pyridine rings is 1. The topological polar surface area (TPSA) is 126 Å². The molecular formula is C21H26N4O5S. The number of hydrogen-bond donors (Lipinski definition) is 3. The minimum atomic E-state index is -3.75. The lowest BCUT2D eigenvalue weighted by Crippen LogP contribution is -2.32. The standard InChI is InChI=1S/C21H26N4O5S/c26-20(24-14-16-6-9-22-10-7-16)8-11-23-21(27)17-3-1-5-19(13-17)31(28,29)25-15-18-4-2-12-30-18/h1,3,5-7,9-10,13,18,25H,2,4,8,11-12,14-15H2,(H,23,27)(H,24,26). The van der Waals surface area contributed by atoms with E-state index in [0.29, 0.717) is 13.2 Å². The molecule has 1 fully saturated rings. The Morgan fingerprint density at radius 1 is 1.13 bits per heavy atom. The summed E-state index contributed by atoms with van der Waals surface area (Å²) in [6, 6.07) is 9.39. The van der Waals surface area contributed by atoms with Gasteiger partial charge in [0.25, 0.3) is 5.91 Å².